The van der Waals surface area contributed by atoms with Gasteiger partial charge in [0.2, 0.25) is 0 Å². The van der Waals surface area contributed by atoms with Crippen LogP contribution in [0, 0.1) is 5.82 Å². The van der Waals surface area contributed by atoms with Crippen molar-refractivity contribution >= 4 is 5.69 Å². The van der Waals surface area contributed by atoms with E-state index >= 15 is 0 Å². The lowest BCUT2D eigenvalue weighted by molar-refractivity contribution is -0.00224. The fourth-order valence-electron chi connectivity index (χ4n) is 2.50. The molecule has 106 valence electrons. The second kappa shape index (κ2) is 6.87. The number of halogens is 1. The monoisotopic (exact) mass is 266 g/mol. The van der Waals surface area contributed by atoms with Crippen molar-refractivity contribution in [1.29, 1.82) is 0 Å². The highest BCUT2D eigenvalue weighted by atomic mass is 19.1. The first-order valence-corrected chi connectivity index (χ1v) is 7.07. The summed E-state index contributed by atoms with van der Waals surface area (Å²) in [6.45, 7) is 5.71. The predicted octanol–water partition coefficient (Wildman–Crippen LogP) is 2.80. The topological polar surface area (TPSA) is 38.5 Å². The number of ether oxygens (including phenoxy) is 1. The summed E-state index contributed by atoms with van der Waals surface area (Å²) in [7, 11) is 0. The van der Waals surface area contributed by atoms with E-state index in [0.29, 0.717) is 6.10 Å². The number of hydrogen-bond donors (Lipinski definition) is 1. The molecule has 19 heavy (non-hydrogen) atoms. The van der Waals surface area contributed by atoms with Gasteiger partial charge in [0.25, 0.3) is 0 Å². The fraction of sp³-hybridized carbons (Fsp3) is 0.600. The standard InChI is InChI=1S/C15H23FN2O/c1-2-8-19-13-4-3-7-18(11-13)10-12-5-6-15(17)14(16)9-12/h5-6,9,13H,2-4,7-8,10-11,17H2,1H3. The molecule has 0 saturated carbocycles. The van der Waals surface area contributed by atoms with E-state index in [1.54, 1.807) is 6.07 Å². The number of piperidine rings is 1. The second-order valence-electron chi connectivity index (χ2n) is 5.23. The fourth-order valence-corrected chi connectivity index (χ4v) is 2.50. The lowest BCUT2D eigenvalue weighted by Gasteiger charge is -2.32. The Hall–Kier alpha value is -1.13. The molecule has 2 N–H and O–H groups in total. The minimum atomic E-state index is -0.326. The van der Waals surface area contributed by atoms with E-state index in [1.807, 2.05) is 6.07 Å². The Morgan fingerprint density at radius 2 is 2.32 bits per heavy atom. The third kappa shape index (κ3) is 4.18. The number of likely N-dealkylation sites (tertiary alicyclic amines) is 1. The Labute approximate surface area is 114 Å². The first kappa shape index (κ1) is 14.3. The summed E-state index contributed by atoms with van der Waals surface area (Å²) in [6, 6.07) is 5.07. The summed E-state index contributed by atoms with van der Waals surface area (Å²) in [5, 5.41) is 0. The van der Waals surface area contributed by atoms with Gasteiger partial charge in [0.15, 0.2) is 0 Å². The molecule has 4 heteroatoms. The predicted molar refractivity (Wildman–Crippen MR) is 75.4 cm³/mol. The van der Waals surface area contributed by atoms with Crippen LogP contribution < -0.4 is 5.73 Å². The molecule has 0 aromatic heterocycles. The van der Waals surface area contributed by atoms with Crippen LogP contribution >= 0.6 is 0 Å². The van der Waals surface area contributed by atoms with Crippen molar-refractivity contribution in [2.24, 2.45) is 0 Å². The van der Waals surface area contributed by atoms with E-state index in [-0.39, 0.29) is 11.5 Å². The van der Waals surface area contributed by atoms with E-state index in [0.717, 1.165) is 51.1 Å². The molecular formula is C15H23FN2O. The van der Waals surface area contributed by atoms with Gasteiger partial charge >= 0.3 is 0 Å². The van der Waals surface area contributed by atoms with E-state index in [2.05, 4.69) is 11.8 Å². The molecule has 0 radical (unpaired) electrons. The van der Waals surface area contributed by atoms with E-state index < -0.39 is 0 Å². The normalized spacial score (nSPS) is 20.6. The van der Waals surface area contributed by atoms with Crippen LogP contribution in [0.2, 0.25) is 0 Å². The van der Waals surface area contributed by atoms with Crippen LogP contribution in [0.4, 0.5) is 10.1 Å². The van der Waals surface area contributed by atoms with Gasteiger partial charge in [0, 0.05) is 19.7 Å². The molecule has 1 unspecified atom stereocenters. The lowest BCUT2D eigenvalue weighted by atomic mass is 10.1. The van der Waals surface area contributed by atoms with E-state index in [1.165, 1.54) is 6.07 Å². The van der Waals surface area contributed by atoms with Gasteiger partial charge in [-0.1, -0.05) is 13.0 Å². The van der Waals surface area contributed by atoms with Gasteiger partial charge in [-0.2, -0.15) is 0 Å². The molecule has 0 amide bonds. The largest absolute Gasteiger partial charge is 0.396 e. The summed E-state index contributed by atoms with van der Waals surface area (Å²) >= 11 is 0. The highest BCUT2D eigenvalue weighted by molar-refractivity contribution is 5.41. The Bertz CT molecular complexity index is 411. The lowest BCUT2D eigenvalue weighted by Crippen LogP contribution is -2.39. The minimum absolute atomic E-state index is 0.214. The number of nitrogens with two attached hydrogens (primary N) is 1. The molecule has 0 aliphatic carbocycles. The Kier molecular flexibility index (Phi) is 5.16. The third-order valence-electron chi connectivity index (χ3n) is 3.49. The Balaban J connectivity index is 1.89. The molecular weight excluding hydrogens is 243 g/mol. The van der Waals surface area contributed by atoms with Gasteiger partial charge < -0.3 is 10.5 Å². The average molecular weight is 266 g/mol. The van der Waals surface area contributed by atoms with Crippen molar-refractivity contribution in [3.63, 3.8) is 0 Å². The number of nitrogen functional groups attached to an aromatic ring is 1. The van der Waals surface area contributed by atoms with Crippen LogP contribution in [0.5, 0.6) is 0 Å². The number of hydrogen-bond acceptors (Lipinski definition) is 3. The van der Waals surface area contributed by atoms with Crippen molar-refractivity contribution in [2.45, 2.75) is 38.8 Å². The summed E-state index contributed by atoms with van der Waals surface area (Å²) < 4.78 is 19.2. The summed E-state index contributed by atoms with van der Waals surface area (Å²) in [5.74, 6) is -0.326. The van der Waals surface area contributed by atoms with E-state index in [4.69, 9.17) is 10.5 Å². The highest BCUT2D eigenvalue weighted by Crippen LogP contribution is 2.18. The van der Waals surface area contributed by atoms with Gasteiger partial charge in [-0.25, -0.2) is 4.39 Å². The maximum Gasteiger partial charge on any atom is 0.146 e. The number of benzene rings is 1. The Morgan fingerprint density at radius 1 is 1.47 bits per heavy atom. The van der Waals surface area contributed by atoms with Gasteiger partial charge in [0.05, 0.1) is 11.8 Å². The van der Waals surface area contributed by atoms with Gasteiger partial charge in [0.1, 0.15) is 5.82 Å². The van der Waals surface area contributed by atoms with Crippen molar-refractivity contribution < 1.29 is 9.13 Å². The molecule has 2 rings (SSSR count). The third-order valence-corrected chi connectivity index (χ3v) is 3.49. The quantitative estimate of drug-likeness (QED) is 0.833. The second-order valence-corrected chi connectivity index (χ2v) is 5.23. The first-order chi connectivity index (χ1) is 9.19. The van der Waals surface area contributed by atoms with E-state index in [9.17, 15) is 4.39 Å². The molecule has 1 aromatic rings. The van der Waals surface area contributed by atoms with Crippen LogP contribution in [0.25, 0.3) is 0 Å². The van der Waals surface area contributed by atoms with Gasteiger partial charge in [-0.15, -0.1) is 0 Å². The van der Waals surface area contributed by atoms with Crippen LogP contribution in [-0.2, 0) is 11.3 Å². The average Bonchev–Trinajstić information content (AvgIpc) is 2.41. The Morgan fingerprint density at radius 3 is 3.05 bits per heavy atom. The number of rotatable bonds is 5. The van der Waals surface area contributed by atoms with Gasteiger partial charge in [-0.05, 0) is 43.5 Å². The van der Waals surface area contributed by atoms with Crippen molar-refractivity contribution in [3.8, 4) is 0 Å². The number of nitrogens with zero attached hydrogens (tertiary/aromatic N) is 1. The van der Waals surface area contributed by atoms with Crippen molar-refractivity contribution in [2.75, 3.05) is 25.4 Å². The van der Waals surface area contributed by atoms with Gasteiger partial charge in [-0.3, -0.25) is 4.90 Å². The van der Waals surface area contributed by atoms with Crippen LogP contribution in [-0.4, -0.2) is 30.7 Å². The number of anilines is 1. The molecule has 0 spiro atoms. The summed E-state index contributed by atoms with van der Waals surface area (Å²) in [6.07, 6.45) is 3.66. The van der Waals surface area contributed by atoms with Crippen LogP contribution in [0.15, 0.2) is 18.2 Å². The molecule has 1 aliphatic heterocycles. The zero-order valence-electron chi connectivity index (χ0n) is 11.6. The smallest absolute Gasteiger partial charge is 0.146 e. The molecule has 1 atom stereocenters. The molecule has 0 bridgehead atoms. The molecule has 3 nitrogen and oxygen atoms in total. The van der Waals surface area contributed by atoms with Crippen LogP contribution in [0.3, 0.4) is 0 Å². The van der Waals surface area contributed by atoms with Crippen molar-refractivity contribution in [1.82, 2.24) is 4.90 Å². The molecule has 1 aliphatic rings. The minimum Gasteiger partial charge on any atom is -0.396 e. The maximum atomic E-state index is 13.4. The molecule has 1 aromatic carbocycles. The zero-order valence-corrected chi connectivity index (χ0v) is 11.6. The molecule has 1 heterocycles. The summed E-state index contributed by atoms with van der Waals surface area (Å²) in [5.41, 5.74) is 6.68. The highest BCUT2D eigenvalue weighted by Gasteiger charge is 2.20. The molecule has 1 saturated heterocycles. The SMILES string of the molecule is CCCOC1CCCN(Cc2ccc(N)c(F)c2)C1. The zero-order chi connectivity index (χ0) is 13.7. The maximum absolute atomic E-state index is 13.4. The van der Waals surface area contributed by atoms with Crippen LogP contribution in [0.1, 0.15) is 31.7 Å². The first-order valence-electron chi connectivity index (χ1n) is 7.07. The van der Waals surface area contributed by atoms with Crippen molar-refractivity contribution in [3.05, 3.63) is 29.6 Å². The molecule has 1 fully saturated rings. The summed E-state index contributed by atoms with van der Waals surface area (Å²) in [4.78, 5) is 2.33.